The van der Waals surface area contributed by atoms with E-state index in [1.807, 2.05) is 66.7 Å². The van der Waals surface area contributed by atoms with Gasteiger partial charge >= 0.3 is 0 Å². The van der Waals surface area contributed by atoms with E-state index in [9.17, 15) is 4.79 Å². The van der Waals surface area contributed by atoms with Crippen LogP contribution < -0.4 is 11.5 Å². The summed E-state index contributed by atoms with van der Waals surface area (Å²) in [4.78, 5) is 16.5. The molecule has 0 aliphatic heterocycles. The molecule has 0 fully saturated rings. The lowest BCUT2D eigenvalue weighted by atomic mass is 9.88. The van der Waals surface area contributed by atoms with E-state index in [0.717, 1.165) is 21.9 Å². The molecule has 0 aliphatic carbocycles. The summed E-state index contributed by atoms with van der Waals surface area (Å²) < 4.78 is 0. The predicted molar refractivity (Wildman–Crippen MR) is 103 cm³/mol. The monoisotopic (exact) mass is 351 g/mol. The molecule has 3 aromatic rings. The van der Waals surface area contributed by atoms with E-state index < -0.39 is 5.92 Å². The number of fused-ring (bicyclic) bond motifs is 1. The molecule has 0 saturated carbocycles. The molecule has 4 N–H and O–H groups in total. The standard InChI is InChI=1S/C20H18ClN3O/c21-15-10-8-13(9-11-15)12-18(19(25)24-20(22)23)17-7-3-5-14-4-1-2-6-16(14)17/h1-11,18H,12H2,(H4,22,23,24,25)/t18-/m0/s1. The van der Waals surface area contributed by atoms with Crippen molar-refractivity contribution in [1.82, 2.24) is 0 Å². The average molecular weight is 352 g/mol. The maximum atomic E-state index is 12.7. The third-order valence-corrected chi connectivity index (χ3v) is 4.34. The summed E-state index contributed by atoms with van der Waals surface area (Å²) in [5, 5.41) is 2.74. The number of benzene rings is 3. The first-order chi connectivity index (χ1) is 12.0. The van der Waals surface area contributed by atoms with E-state index in [1.54, 1.807) is 0 Å². The minimum Gasteiger partial charge on any atom is -0.370 e. The number of carbonyl (C=O) groups excluding carboxylic acids is 1. The number of hydrogen-bond donors (Lipinski definition) is 2. The topological polar surface area (TPSA) is 81.5 Å². The van der Waals surface area contributed by atoms with Crippen molar-refractivity contribution in [2.24, 2.45) is 16.5 Å². The Labute approximate surface area is 151 Å². The van der Waals surface area contributed by atoms with Gasteiger partial charge in [-0.15, -0.1) is 0 Å². The van der Waals surface area contributed by atoms with E-state index in [4.69, 9.17) is 23.1 Å². The van der Waals surface area contributed by atoms with Crippen LogP contribution in [0.2, 0.25) is 5.02 Å². The first kappa shape index (κ1) is 17.0. The Balaban J connectivity index is 2.08. The van der Waals surface area contributed by atoms with Crippen molar-refractivity contribution >= 4 is 34.2 Å². The van der Waals surface area contributed by atoms with Gasteiger partial charge in [0.1, 0.15) is 0 Å². The van der Waals surface area contributed by atoms with Crippen LogP contribution in [0.4, 0.5) is 0 Å². The minimum absolute atomic E-state index is 0.230. The zero-order valence-electron chi connectivity index (χ0n) is 13.5. The lowest BCUT2D eigenvalue weighted by molar-refractivity contribution is -0.119. The first-order valence-corrected chi connectivity index (χ1v) is 8.28. The molecule has 0 spiro atoms. The number of halogens is 1. The van der Waals surface area contributed by atoms with Gasteiger partial charge in [-0.3, -0.25) is 4.79 Å². The van der Waals surface area contributed by atoms with Crippen LogP contribution in [-0.2, 0) is 11.2 Å². The predicted octanol–water partition coefficient (Wildman–Crippen LogP) is 3.62. The van der Waals surface area contributed by atoms with E-state index in [2.05, 4.69) is 4.99 Å². The molecular weight excluding hydrogens is 334 g/mol. The van der Waals surface area contributed by atoms with Crippen molar-refractivity contribution in [3.8, 4) is 0 Å². The van der Waals surface area contributed by atoms with Crippen molar-refractivity contribution in [3.05, 3.63) is 82.9 Å². The molecule has 0 heterocycles. The average Bonchev–Trinajstić information content (AvgIpc) is 2.60. The van der Waals surface area contributed by atoms with Gasteiger partial charge in [-0.25, -0.2) is 0 Å². The fraction of sp³-hybridized carbons (Fsp3) is 0.100. The summed E-state index contributed by atoms with van der Waals surface area (Å²) in [6.45, 7) is 0. The van der Waals surface area contributed by atoms with E-state index >= 15 is 0 Å². The molecule has 0 unspecified atom stereocenters. The zero-order valence-corrected chi connectivity index (χ0v) is 14.3. The summed E-state index contributed by atoms with van der Waals surface area (Å²) in [5.74, 6) is -1.06. The van der Waals surface area contributed by atoms with Crippen molar-refractivity contribution in [2.45, 2.75) is 12.3 Å². The van der Waals surface area contributed by atoms with Gasteiger partial charge in [-0.2, -0.15) is 4.99 Å². The van der Waals surface area contributed by atoms with Gasteiger partial charge in [-0.05, 0) is 40.5 Å². The van der Waals surface area contributed by atoms with Crippen molar-refractivity contribution in [3.63, 3.8) is 0 Å². The van der Waals surface area contributed by atoms with E-state index in [0.29, 0.717) is 11.4 Å². The Bertz CT molecular complexity index is 926. The molecule has 1 atom stereocenters. The second-order valence-electron chi connectivity index (χ2n) is 5.83. The van der Waals surface area contributed by atoms with Crippen LogP contribution in [0.3, 0.4) is 0 Å². The van der Waals surface area contributed by atoms with Gasteiger partial charge < -0.3 is 11.5 Å². The molecule has 0 bridgehead atoms. The van der Waals surface area contributed by atoms with Crippen molar-refractivity contribution < 1.29 is 4.79 Å². The van der Waals surface area contributed by atoms with Crippen LogP contribution in [0, 0.1) is 0 Å². The van der Waals surface area contributed by atoms with Gasteiger partial charge in [0.05, 0.1) is 5.92 Å². The molecule has 5 heteroatoms. The fourth-order valence-electron chi connectivity index (χ4n) is 2.95. The molecule has 3 aromatic carbocycles. The van der Waals surface area contributed by atoms with Gasteiger partial charge in [0.25, 0.3) is 5.91 Å². The number of aliphatic imine (C=N–C) groups is 1. The largest absolute Gasteiger partial charge is 0.370 e. The molecule has 0 saturated heterocycles. The number of rotatable bonds is 4. The maximum Gasteiger partial charge on any atom is 0.256 e. The first-order valence-electron chi connectivity index (χ1n) is 7.90. The van der Waals surface area contributed by atoms with Gasteiger partial charge in [0.15, 0.2) is 5.96 Å². The minimum atomic E-state index is -0.477. The second-order valence-corrected chi connectivity index (χ2v) is 6.26. The molecule has 126 valence electrons. The summed E-state index contributed by atoms with van der Waals surface area (Å²) in [6, 6.07) is 21.3. The van der Waals surface area contributed by atoms with Gasteiger partial charge in [0.2, 0.25) is 0 Å². The Morgan fingerprint density at radius 3 is 2.36 bits per heavy atom. The Morgan fingerprint density at radius 2 is 1.64 bits per heavy atom. The highest BCUT2D eigenvalue weighted by atomic mass is 35.5. The highest BCUT2D eigenvalue weighted by Crippen LogP contribution is 2.30. The zero-order chi connectivity index (χ0) is 17.8. The number of hydrogen-bond acceptors (Lipinski definition) is 1. The fourth-order valence-corrected chi connectivity index (χ4v) is 3.07. The Kier molecular flexibility index (Phi) is 5.00. The molecule has 0 aromatic heterocycles. The maximum absolute atomic E-state index is 12.7. The van der Waals surface area contributed by atoms with Crippen LogP contribution in [0.15, 0.2) is 71.7 Å². The van der Waals surface area contributed by atoms with E-state index in [-0.39, 0.29) is 11.9 Å². The van der Waals surface area contributed by atoms with Crippen molar-refractivity contribution in [1.29, 1.82) is 0 Å². The number of amides is 1. The SMILES string of the molecule is NC(N)=NC(=O)[C@@H](Cc1ccc(Cl)cc1)c1cccc2ccccc12. The summed E-state index contributed by atoms with van der Waals surface area (Å²) in [6.07, 6.45) is 0.487. The van der Waals surface area contributed by atoms with Crippen LogP contribution in [0.1, 0.15) is 17.0 Å². The van der Waals surface area contributed by atoms with E-state index in [1.165, 1.54) is 0 Å². The highest BCUT2D eigenvalue weighted by molar-refractivity contribution is 6.30. The summed E-state index contributed by atoms with van der Waals surface area (Å²) in [7, 11) is 0. The van der Waals surface area contributed by atoms with Crippen LogP contribution in [-0.4, -0.2) is 11.9 Å². The number of nitrogens with zero attached hydrogens (tertiary/aromatic N) is 1. The van der Waals surface area contributed by atoms with Crippen molar-refractivity contribution in [2.75, 3.05) is 0 Å². The quantitative estimate of drug-likeness (QED) is 0.556. The number of guanidine groups is 1. The normalized spacial score (nSPS) is 11.9. The molecule has 3 rings (SSSR count). The second kappa shape index (κ2) is 7.36. The molecule has 0 aliphatic rings. The lowest BCUT2D eigenvalue weighted by Crippen LogP contribution is -2.26. The summed E-state index contributed by atoms with van der Waals surface area (Å²) in [5.41, 5.74) is 12.7. The van der Waals surface area contributed by atoms with Gasteiger partial charge in [0, 0.05) is 5.02 Å². The third kappa shape index (κ3) is 3.98. The molecule has 0 radical (unpaired) electrons. The Morgan fingerprint density at radius 1 is 0.960 bits per heavy atom. The summed E-state index contributed by atoms with van der Waals surface area (Å²) >= 11 is 5.95. The smallest absolute Gasteiger partial charge is 0.256 e. The van der Waals surface area contributed by atoms with Crippen LogP contribution in [0.25, 0.3) is 10.8 Å². The molecular formula is C20H18ClN3O. The molecule has 25 heavy (non-hydrogen) atoms. The molecule has 4 nitrogen and oxygen atoms in total. The molecule has 1 amide bonds. The highest BCUT2D eigenvalue weighted by Gasteiger charge is 2.23. The van der Waals surface area contributed by atoms with Crippen LogP contribution >= 0.6 is 11.6 Å². The third-order valence-electron chi connectivity index (χ3n) is 4.09. The Hall–Kier alpha value is -2.85. The van der Waals surface area contributed by atoms with Gasteiger partial charge in [-0.1, -0.05) is 66.2 Å². The lowest BCUT2D eigenvalue weighted by Gasteiger charge is -2.17. The van der Waals surface area contributed by atoms with Crippen LogP contribution in [0.5, 0.6) is 0 Å². The number of carbonyl (C=O) groups is 1. The number of nitrogens with two attached hydrogens (primary N) is 2.